The summed E-state index contributed by atoms with van der Waals surface area (Å²) in [5.74, 6) is 0.896. The molecule has 2 heterocycles. The molecule has 0 spiro atoms. The van der Waals surface area contributed by atoms with E-state index in [1.165, 1.54) is 19.3 Å². The van der Waals surface area contributed by atoms with Crippen molar-refractivity contribution in [2.45, 2.75) is 19.3 Å². The van der Waals surface area contributed by atoms with E-state index >= 15 is 0 Å². The van der Waals surface area contributed by atoms with E-state index in [1.807, 2.05) is 18.2 Å². The molecule has 4 heteroatoms. The van der Waals surface area contributed by atoms with Crippen LogP contribution in [0.2, 0.25) is 0 Å². The van der Waals surface area contributed by atoms with Gasteiger partial charge in [0.05, 0.1) is 11.1 Å². The normalized spacial score (nSPS) is 15.3. The Labute approximate surface area is 118 Å². The van der Waals surface area contributed by atoms with E-state index in [9.17, 15) is 4.79 Å². The molecule has 4 nitrogen and oxygen atoms in total. The number of rotatable bonds is 2. The van der Waals surface area contributed by atoms with Gasteiger partial charge in [0.1, 0.15) is 5.82 Å². The van der Waals surface area contributed by atoms with Gasteiger partial charge in [0.25, 0.3) is 5.91 Å². The lowest BCUT2D eigenvalue weighted by molar-refractivity contribution is 0.0964. The van der Waals surface area contributed by atoms with Crippen LogP contribution in [-0.4, -0.2) is 31.0 Å². The molecule has 1 aromatic heterocycles. The van der Waals surface area contributed by atoms with Crippen LogP contribution in [0.5, 0.6) is 0 Å². The van der Waals surface area contributed by atoms with Gasteiger partial charge < -0.3 is 10.2 Å². The average Bonchev–Trinajstić information content (AvgIpc) is 2.54. The Morgan fingerprint density at radius 2 is 1.95 bits per heavy atom. The van der Waals surface area contributed by atoms with Crippen molar-refractivity contribution >= 4 is 22.6 Å². The molecule has 0 saturated carbocycles. The number of hydrogen-bond acceptors (Lipinski definition) is 3. The highest BCUT2D eigenvalue weighted by Crippen LogP contribution is 2.23. The SMILES string of the molecule is CNC(=O)c1cccc2ccc(N3CCCCC3)nc12. The van der Waals surface area contributed by atoms with Crippen LogP contribution < -0.4 is 10.2 Å². The third-order valence-corrected chi connectivity index (χ3v) is 3.86. The van der Waals surface area contributed by atoms with E-state index in [-0.39, 0.29) is 5.91 Å². The van der Waals surface area contributed by atoms with Crippen molar-refractivity contribution in [3.05, 3.63) is 35.9 Å². The second-order valence-corrected chi connectivity index (χ2v) is 5.17. The van der Waals surface area contributed by atoms with E-state index in [0.717, 1.165) is 29.8 Å². The zero-order valence-corrected chi connectivity index (χ0v) is 11.7. The van der Waals surface area contributed by atoms with E-state index in [1.54, 1.807) is 7.05 Å². The fraction of sp³-hybridized carbons (Fsp3) is 0.375. The molecular formula is C16H19N3O. The highest BCUT2D eigenvalue weighted by atomic mass is 16.1. The second-order valence-electron chi connectivity index (χ2n) is 5.17. The summed E-state index contributed by atoms with van der Waals surface area (Å²) in [6, 6.07) is 9.83. The second kappa shape index (κ2) is 5.49. The highest BCUT2D eigenvalue weighted by molar-refractivity contribution is 6.05. The number of hydrogen-bond donors (Lipinski definition) is 1. The largest absolute Gasteiger partial charge is 0.357 e. The number of amides is 1. The Hall–Kier alpha value is -2.10. The number of fused-ring (bicyclic) bond motifs is 1. The molecule has 1 saturated heterocycles. The van der Waals surface area contributed by atoms with Gasteiger partial charge in [0.15, 0.2) is 0 Å². The van der Waals surface area contributed by atoms with Crippen molar-refractivity contribution in [1.82, 2.24) is 10.3 Å². The molecule has 104 valence electrons. The smallest absolute Gasteiger partial charge is 0.253 e. The lowest BCUT2D eigenvalue weighted by atomic mass is 10.1. The third-order valence-electron chi connectivity index (χ3n) is 3.86. The maximum atomic E-state index is 12.0. The topological polar surface area (TPSA) is 45.2 Å². The quantitative estimate of drug-likeness (QED) is 0.911. The van der Waals surface area contributed by atoms with Crippen LogP contribution >= 0.6 is 0 Å². The number of aromatic nitrogens is 1. The number of para-hydroxylation sites is 1. The average molecular weight is 269 g/mol. The monoisotopic (exact) mass is 269 g/mol. The van der Waals surface area contributed by atoms with Crippen molar-refractivity contribution < 1.29 is 4.79 Å². The van der Waals surface area contributed by atoms with Crippen LogP contribution in [0.25, 0.3) is 10.9 Å². The predicted octanol–water partition coefficient (Wildman–Crippen LogP) is 2.58. The summed E-state index contributed by atoms with van der Waals surface area (Å²) in [6.45, 7) is 2.11. The van der Waals surface area contributed by atoms with Gasteiger partial charge >= 0.3 is 0 Å². The predicted molar refractivity (Wildman–Crippen MR) is 81.2 cm³/mol. The number of nitrogens with one attached hydrogen (secondary N) is 1. The molecule has 1 aromatic carbocycles. The fourth-order valence-electron chi connectivity index (χ4n) is 2.75. The van der Waals surface area contributed by atoms with E-state index < -0.39 is 0 Å². The first-order valence-corrected chi connectivity index (χ1v) is 7.16. The standard InChI is InChI=1S/C16H19N3O/c1-17-16(20)13-7-5-6-12-8-9-14(18-15(12)13)19-10-3-2-4-11-19/h5-9H,2-4,10-11H2,1H3,(H,17,20). The number of piperidine rings is 1. The van der Waals surface area contributed by atoms with Crippen molar-refractivity contribution in [3.8, 4) is 0 Å². The van der Waals surface area contributed by atoms with Gasteiger partial charge in [-0.15, -0.1) is 0 Å². The molecule has 0 aliphatic carbocycles. The molecule has 3 rings (SSSR count). The Kier molecular flexibility index (Phi) is 3.54. The van der Waals surface area contributed by atoms with Crippen LogP contribution in [0.3, 0.4) is 0 Å². The van der Waals surface area contributed by atoms with Crippen LogP contribution in [-0.2, 0) is 0 Å². The van der Waals surface area contributed by atoms with E-state index in [0.29, 0.717) is 5.56 Å². The first kappa shape index (κ1) is 12.9. The molecular weight excluding hydrogens is 250 g/mol. The van der Waals surface area contributed by atoms with Crippen LogP contribution in [0.4, 0.5) is 5.82 Å². The van der Waals surface area contributed by atoms with Gasteiger partial charge in [0, 0.05) is 25.5 Å². The van der Waals surface area contributed by atoms with Gasteiger partial charge in [-0.1, -0.05) is 12.1 Å². The summed E-state index contributed by atoms with van der Waals surface area (Å²) in [5.41, 5.74) is 1.43. The summed E-state index contributed by atoms with van der Waals surface area (Å²) in [7, 11) is 1.65. The minimum absolute atomic E-state index is 0.0844. The summed E-state index contributed by atoms with van der Waals surface area (Å²) < 4.78 is 0. The van der Waals surface area contributed by atoms with Crippen LogP contribution in [0.15, 0.2) is 30.3 Å². The summed E-state index contributed by atoms with van der Waals surface area (Å²) >= 11 is 0. The molecule has 1 fully saturated rings. The van der Waals surface area contributed by atoms with Gasteiger partial charge in [-0.25, -0.2) is 4.98 Å². The maximum absolute atomic E-state index is 12.0. The van der Waals surface area contributed by atoms with Gasteiger partial charge in [0.2, 0.25) is 0 Å². The molecule has 0 atom stereocenters. The molecule has 0 unspecified atom stereocenters. The number of benzene rings is 1. The summed E-state index contributed by atoms with van der Waals surface area (Å²) in [6.07, 6.45) is 3.74. The molecule has 2 aromatic rings. The van der Waals surface area contributed by atoms with Crippen LogP contribution in [0, 0.1) is 0 Å². The van der Waals surface area contributed by atoms with Crippen LogP contribution in [0.1, 0.15) is 29.6 Å². The Morgan fingerprint density at radius 3 is 2.70 bits per heavy atom. The minimum Gasteiger partial charge on any atom is -0.357 e. The Bertz CT molecular complexity index is 633. The minimum atomic E-state index is -0.0844. The molecule has 1 amide bonds. The summed E-state index contributed by atoms with van der Waals surface area (Å²) in [5, 5.41) is 3.69. The third kappa shape index (κ3) is 2.33. The number of pyridine rings is 1. The highest BCUT2D eigenvalue weighted by Gasteiger charge is 2.15. The lowest BCUT2D eigenvalue weighted by Gasteiger charge is -2.28. The van der Waals surface area contributed by atoms with Gasteiger partial charge in [-0.05, 0) is 37.5 Å². The fourth-order valence-corrected chi connectivity index (χ4v) is 2.75. The molecule has 1 N–H and O–H groups in total. The van der Waals surface area contributed by atoms with Crippen molar-refractivity contribution in [2.75, 3.05) is 25.0 Å². The molecule has 0 radical (unpaired) electrons. The zero-order valence-electron chi connectivity index (χ0n) is 11.7. The van der Waals surface area contributed by atoms with E-state index in [4.69, 9.17) is 4.98 Å². The van der Waals surface area contributed by atoms with Gasteiger partial charge in [-0.3, -0.25) is 4.79 Å². The first-order chi connectivity index (χ1) is 9.79. The number of carbonyl (C=O) groups is 1. The van der Waals surface area contributed by atoms with Crippen molar-refractivity contribution in [2.24, 2.45) is 0 Å². The molecule has 1 aliphatic rings. The zero-order chi connectivity index (χ0) is 13.9. The number of carbonyl (C=O) groups excluding carboxylic acids is 1. The molecule has 1 aliphatic heterocycles. The number of anilines is 1. The Morgan fingerprint density at radius 1 is 1.15 bits per heavy atom. The van der Waals surface area contributed by atoms with Gasteiger partial charge in [-0.2, -0.15) is 0 Å². The van der Waals surface area contributed by atoms with Crippen molar-refractivity contribution in [3.63, 3.8) is 0 Å². The maximum Gasteiger partial charge on any atom is 0.253 e. The molecule has 0 bridgehead atoms. The number of nitrogens with zero attached hydrogens (tertiary/aromatic N) is 2. The Balaban J connectivity index is 2.06. The lowest BCUT2D eigenvalue weighted by Crippen LogP contribution is -2.30. The van der Waals surface area contributed by atoms with Crippen molar-refractivity contribution in [1.29, 1.82) is 0 Å². The summed E-state index contributed by atoms with van der Waals surface area (Å²) in [4.78, 5) is 19.0. The van der Waals surface area contributed by atoms with E-state index in [2.05, 4.69) is 22.3 Å². The molecule has 20 heavy (non-hydrogen) atoms. The first-order valence-electron chi connectivity index (χ1n) is 7.16.